The van der Waals surface area contributed by atoms with Gasteiger partial charge < -0.3 is 5.32 Å². The van der Waals surface area contributed by atoms with Crippen LogP contribution in [-0.4, -0.2) is 20.5 Å². The first-order valence-corrected chi connectivity index (χ1v) is 8.85. The average molecular weight is 365 g/mol. The normalized spacial score (nSPS) is 20.7. The number of rotatable bonds is 3. The zero-order chi connectivity index (χ0) is 16.7. The van der Waals surface area contributed by atoms with Crippen LogP contribution in [0.3, 0.4) is 0 Å². The molecule has 0 aliphatic carbocycles. The lowest BCUT2D eigenvalue weighted by Gasteiger charge is -2.29. The molecule has 1 heterocycles. The van der Waals surface area contributed by atoms with E-state index in [9.17, 15) is 8.60 Å². The third kappa shape index (κ3) is 3.82. The summed E-state index contributed by atoms with van der Waals surface area (Å²) in [6, 6.07) is 2.67. The summed E-state index contributed by atoms with van der Waals surface area (Å²) in [6.07, 6.45) is 1.85. The van der Waals surface area contributed by atoms with E-state index in [-0.39, 0.29) is 15.8 Å². The summed E-state index contributed by atoms with van der Waals surface area (Å²) in [7, 11) is -1.21. The van der Waals surface area contributed by atoms with E-state index in [4.69, 9.17) is 23.2 Å². The molecular formula is C15H19Cl2FN2OS. The van der Waals surface area contributed by atoms with E-state index in [2.05, 4.69) is 10.0 Å². The Morgan fingerprint density at radius 1 is 1.41 bits per heavy atom. The number of benzene rings is 1. The van der Waals surface area contributed by atoms with Gasteiger partial charge in [0.1, 0.15) is 11.3 Å². The van der Waals surface area contributed by atoms with Crippen molar-refractivity contribution in [3.05, 3.63) is 34.1 Å². The maximum absolute atomic E-state index is 13.5. The van der Waals surface area contributed by atoms with Gasteiger partial charge in [0.15, 0.2) is 0 Å². The molecule has 1 aromatic rings. The van der Waals surface area contributed by atoms with Crippen LogP contribution in [0.4, 0.5) is 10.1 Å². The molecule has 122 valence electrons. The first kappa shape index (κ1) is 17.7. The lowest BCUT2D eigenvalue weighted by atomic mass is 10.00. The topological polar surface area (TPSA) is 41.1 Å². The minimum Gasteiger partial charge on any atom is -0.365 e. The van der Waals surface area contributed by atoms with Gasteiger partial charge >= 0.3 is 0 Å². The van der Waals surface area contributed by atoms with Gasteiger partial charge in [0, 0.05) is 11.7 Å². The quantitative estimate of drug-likeness (QED) is 0.620. The second-order valence-electron chi connectivity index (χ2n) is 6.23. The van der Waals surface area contributed by atoms with Crippen LogP contribution >= 0.6 is 23.2 Å². The lowest BCUT2D eigenvalue weighted by molar-refractivity contribution is 0.622. The maximum Gasteiger partial charge on any atom is 0.143 e. The van der Waals surface area contributed by atoms with Crippen molar-refractivity contribution in [3.63, 3.8) is 0 Å². The van der Waals surface area contributed by atoms with E-state index in [0.717, 1.165) is 11.1 Å². The van der Waals surface area contributed by atoms with Crippen molar-refractivity contribution in [1.82, 2.24) is 4.72 Å². The van der Waals surface area contributed by atoms with Gasteiger partial charge in [-0.25, -0.2) is 13.3 Å². The van der Waals surface area contributed by atoms with Crippen molar-refractivity contribution in [1.29, 1.82) is 0 Å². The summed E-state index contributed by atoms with van der Waals surface area (Å²) in [5.41, 5.74) is 1.67. The van der Waals surface area contributed by atoms with Crippen molar-refractivity contribution < 1.29 is 8.60 Å². The van der Waals surface area contributed by atoms with E-state index in [1.54, 1.807) is 6.07 Å². The molecule has 3 atom stereocenters. The van der Waals surface area contributed by atoms with Gasteiger partial charge in [-0.1, -0.05) is 23.2 Å². The maximum atomic E-state index is 13.5. The van der Waals surface area contributed by atoms with Crippen molar-refractivity contribution in [2.45, 2.75) is 44.0 Å². The molecule has 1 aromatic carbocycles. The Bertz CT molecular complexity index is 643. The third-order valence-electron chi connectivity index (χ3n) is 3.33. The summed E-state index contributed by atoms with van der Waals surface area (Å²) < 4.78 is 28.4. The Labute approximate surface area is 142 Å². The largest absolute Gasteiger partial charge is 0.365 e. The minimum atomic E-state index is -1.21. The second-order valence-corrected chi connectivity index (χ2v) is 9.07. The molecule has 0 bridgehead atoms. The van der Waals surface area contributed by atoms with Crippen LogP contribution in [0.1, 0.15) is 33.3 Å². The molecule has 0 amide bonds. The fraction of sp³-hybridized carbons (Fsp3) is 0.467. The summed E-state index contributed by atoms with van der Waals surface area (Å²) >= 11 is 12.1. The highest BCUT2D eigenvalue weighted by Crippen LogP contribution is 2.33. The highest BCUT2D eigenvalue weighted by atomic mass is 35.5. The molecule has 0 aromatic heterocycles. The Kier molecular flexibility index (Phi) is 5.22. The molecule has 7 heteroatoms. The van der Waals surface area contributed by atoms with Crippen molar-refractivity contribution in [2.75, 3.05) is 5.32 Å². The van der Waals surface area contributed by atoms with Gasteiger partial charge in [0.25, 0.3) is 0 Å². The first-order chi connectivity index (χ1) is 10.1. The molecule has 1 aliphatic heterocycles. The molecule has 0 saturated carbocycles. The smallest absolute Gasteiger partial charge is 0.143 e. The van der Waals surface area contributed by atoms with Crippen molar-refractivity contribution in [2.24, 2.45) is 0 Å². The van der Waals surface area contributed by atoms with E-state index in [0.29, 0.717) is 5.69 Å². The van der Waals surface area contributed by atoms with Crippen LogP contribution in [0.5, 0.6) is 0 Å². The molecule has 0 spiro atoms. The molecule has 1 unspecified atom stereocenters. The number of fused-ring (bicyclic) bond motifs is 1. The number of anilines is 1. The van der Waals surface area contributed by atoms with E-state index >= 15 is 0 Å². The van der Waals surface area contributed by atoms with E-state index < -0.39 is 22.3 Å². The molecule has 2 N–H and O–H groups in total. The first-order valence-electron chi connectivity index (χ1n) is 6.89. The fourth-order valence-electron chi connectivity index (χ4n) is 2.03. The van der Waals surface area contributed by atoms with Crippen LogP contribution < -0.4 is 10.0 Å². The van der Waals surface area contributed by atoms with Gasteiger partial charge in [-0.3, -0.25) is 0 Å². The number of halogens is 3. The minimum absolute atomic E-state index is 0.0584. The lowest BCUT2D eigenvalue weighted by Crippen LogP contribution is -2.42. The van der Waals surface area contributed by atoms with Gasteiger partial charge in [-0.05, 0) is 57.0 Å². The molecular weight excluding hydrogens is 346 g/mol. The van der Waals surface area contributed by atoms with Crippen LogP contribution in [0.2, 0.25) is 5.02 Å². The monoisotopic (exact) mass is 364 g/mol. The number of hydrogen-bond acceptors (Lipinski definition) is 2. The molecule has 0 saturated heterocycles. The molecule has 0 radical (unpaired) electrons. The Morgan fingerprint density at radius 2 is 2.05 bits per heavy atom. The number of nitrogens with one attached hydrogen (secondary N) is 2. The Morgan fingerprint density at radius 3 is 2.64 bits per heavy atom. The van der Waals surface area contributed by atoms with Crippen LogP contribution in [0, 0.1) is 5.82 Å². The Hall–Kier alpha value is -0.620. The van der Waals surface area contributed by atoms with Crippen molar-refractivity contribution >= 4 is 46.0 Å². The molecule has 22 heavy (non-hydrogen) atoms. The molecule has 0 fully saturated rings. The van der Waals surface area contributed by atoms with E-state index in [1.165, 1.54) is 6.07 Å². The average Bonchev–Trinajstić information content (AvgIpc) is 2.38. The molecule has 2 rings (SSSR count). The highest BCUT2D eigenvalue weighted by Gasteiger charge is 2.27. The number of alkyl halides is 1. The van der Waals surface area contributed by atoms with Gasteiger partial charge in [0.05, 0.1) is 20.8 Å². The second kappa shape index (κ2) is 6.48. The van der Waals surface area contributed by atoms with Crippen LogP contribution in [0.25, 0.3) is 6.08 Å². The standard InChI is InChI=1S/C15H19Cl2FN2OS/c1-8(20-22(21)15(2,3)4)10-5-9-6-11(16)12(18)7-13(9)19-14(10)17/h5-8,14,19-20H,1-4H3/t8-,14?,22-/m1/s1. The molecule has 3 nitrogen and oxygen atoms in total. The predicted molar refractivity (Wildman–Crippen MR) is 93.1 cm³/mol. The summed E-state index contributed by atoms with van der Waals surface area (Å²) in [5.74, 6) is -0.492. The zero-order valence-corrected chi connectivity index (χ0v) is 15.2. The highest BCUT2D eigenvalue weighted by molar-refractivity contribution is 7.84. The SMILES string of the molecule is C[C@@H](N[S@](=O)C(C)(C)C)C1=Cc2cc(Cl)c(F)cc2NC1Cl. The third-order valence-corrected chi connectivity index (χ3v) is 5.66. The number of hydrogen-bond donors (Lipinski definition) is 2. The van der Waals surface area contributed by atoms with Crippen molar-refractivity contribution in [3.8, 4) is 0 Å². The van der Waals surface area contributed by atoms with Gasteiger partial charge in [-0.15, -0.1) is 0 Å². The zero-order valence-electron chi connectivity index (χ0n) is 12.8. The van der Waals surface area contributed by atoms with Gasteiger partial charge in [-0.2, -0.15) is 0 Å². The van der Waals surface area contributed by atoms with Gasteiger partial charge in [0.2, 0.25) is 0 Å². The predicted octanol–water partition coefficient (Wildman–Crippen LogP) is 4.29. The summed E-state index contributed by atoms with van der Waals surface area (Å²) in [6.45, 7) is 7.58. The summed E-state index contributed by atoms with van der Waals surface area (Å²) in [4.78, 5) is 0. The van der Waals surface area contributed by atoms with Crippen LogP contribution in [0.15, 0.2) is 17.7 Å². The summed E-state index contributed by atoms with van der Waals surface area (Å²) in [5, 5.41) is 3.09. The van der Waals surface area contributed by atoms with Crippen LogP contribution in [-0.2, 0) is 11.0 Å². The fourth-order valence-corrected chi connectivity index (χ4v) is 3.38. The van der Waals surface area contributed by atoms with E-state index in [1.807, 2.05) is 33.8 Å². The molecule has 1 aliphatic rings. The Balaban J connectivity index is 2.28.